The van der Waals surface area contributed by atoms with Crippen LogP contribution in [0.2, 0.25) is 0 Å². The summed E-state index contributed by atoms with van der Waals surface area (Å²) in [5.41, 5.74) is 1.12. The molecule has 0 fully saturated rings. The molecular formula is C13H16N2O. The van der Waals surface area contributed by atoms with E-state index in [-0.39, 0.29) is 0 Å². The van der Waals surface area contributed by atoms with E-state index in [4.69, 9.17) is 4.74 Å². The van der Waals surface area contributed by atoms with Crippen LogP contribution in [0.4, 0.5) is 0 Å². The van der Waals surface area contributed by atoms with Crippen LogP contribution in [0, 0.1) is 0 Å². The highest BCUT2D eigenvalue weighted by Gasteiger charge is 2.03. The molecule has 0 radical (unpaired) electrons. The Balaban J connectivity index is 2.46. The van der Waals surface area contributed by atoms with E-state index in [1.54, 1.807) is 7.11 Å². The molecule has 16 heavy (non-hydrogen) atoms. The summed E-state index contributed by atoms with van der Waals surface area (Å²) in [5.74, 6) is 0.881. The molecule has 0 aliphatic rings. The van der Waals surface area contributed by atoms with Gasteiger partial charge in [0.25, 0.3) is 0 Å². The molecular weight excluding hydrogens is 200 g/mol. The van der Waals surface area contributed by atoms with E-state index >= 15 is 0 Å². The number of rotatable bonds is 4. The lowest BCUT2D eigenvalue weighted by Crippen LogP contribution is -2.11. The maximum absolute atomic E-state index is 5.24. The minimum Gasteiger partial charge on any atom is -0.497 e. The standard InChI is InChI=1S/C13H16N2O/c1-14-7-6-13-12-9-11(16-2)4-3-10(12)5-8-15-13/h3-5,8-9,14H,6-7H2,1-2H3. The molecule has 2 rings (SSSR count). The molecule has 1 aromatic heterocycles. The van der Waals surface area contributed by atoms with Gasteiger partial charge in [-0.1, -0.05) is 6.07 Å². The summed E-state index contributed by atoms with van der Waals surface area (Å²) in [7, 11) is 3.64. The minimum atomic E-state index is 0.881. The number of hydrogen-bond acceptors (Lipinski definition) is 3. The summed E-state index contributed by atoms with van der Waals surface area (Å²) in [5, 5.41) is 5.53. The highest BCUT2D eigenvalue weighted by Crippen LogP contribution is 2.22. The van der Waals surface area contributed by atoms with Gasteiger partial charge in [-0.3, -0.25) is 4.98 Å². The van der Waals surface area contributed by atoms with Gasteiger partial charge in [0.2, 0.25) is 0 Å². The Morgan fingerprint density at radius 2 is 2.19 bits per heavy atom. The maximum Gasteiger partial charge on any atom is 0.119 e. The predicted octanol–water partition coefficient (Wildman–Crippen LogP) is 2.01. The van der Waals surface area contributed by atoms with E-state index in [2.05, 4.69) is 16.4 Å². The van der Waals surface area contributed by atoms with Crippen molar-refractivity contribution >= 4 is 10.8 Å². The largest absolute Gasteiger partial charge is 0.497 e. The average molecular weight is 216 g/mol. The molecule has 0 atom stereocenters. The number of ether oxygens (including phenoxy) is 1. The zero-order chi connectivity index (χ0) is 11.4. The van der Waals surface area contributed by atoms with Gasteiger partial charge >= 0.3 is 0 Å². The number of likely N-dealkylation sites (N-methyl/N-ethyl adjacent to an activating group) is 1. The van der Waals surface area contributed by atoms with Gasteiger partial charge in [0, 0.05) is 30.2 Å². The molecule has 1 N–H and O–H groups in total. The molecule has 2 aromatic rings. The molecule has 0 unspecified atom stereocenters. The fraction of sp³-hybridized carbons (Fsp3) is 0.308. The fourth-order valence-electron chi connectivity index (χ4n) is 1.78. The molecule has 0 saturated carbocycles. The third-order valence-electron chi connectivity index (χ3n) is 2.67. The molecule has 3 nitrogen and oxygen atoms in total. The Kier molecular flexibility index (Phi) is 3.37. The van der Waals surface area contributed by atoms with Crippen LogP contribution in [-0.4, -0.2) is 25.7 Å². The SMILES string of the molecule is CNCCc1nccc2ccc(OC)cc12. The van der Waals surface area contributed by atoms with Crippen LogP contribution >= 0.6 is 0 Å². The Hall–Kier alpha value is -1.61. The minimum absolute atomic E-state index is 0.881. The van der Waals surface area contributed by atoms with Crippen molar-refractivity contribution in [2.24, 2.45) is 0 Å². The van der Waals surface area contributed by atoms with Crippen LogP contribution < -0.4 is 10.1 Å². The first-order valence-corrected chi connectivity index (χ1v) is 5.41. The first-order valence-electron chi connectivity index (χ1n) is 5.41. The van der Waals surface area contributed by atoms with Crippen molar-refractivity contribution in [3.05, 3.63) is 36.2 Å². The van der Waals surface area contributed by atoms with Gasteiger partial charge in [0.15, 0.2) is 0 Å². The van der Waals surface area contributed by atoms with E-state index in [1.165, 1.54) is 10.8 Å². The molecule has 1 heterocycles. The molecule has 0 saturated heterocycles. The van der Waals surface area contributed by atoms with E-state index in [1.807, 2.05) is 31.4 Å². The van der Waals surface area contributed by atoms with Gasteiger partial charge in [0.1, 0.15) is 5.75 Å². The summed E-state index contributed by atoms with van der Waals surface area (Å²) < 4.78 is 5.24. The molecule has 0 aliphatic carbocycles. The van der Waals surface area contributed by atoms with E-state index in [0.717, 1.165) is 24.4 Å². The zero-order valence-electron chi connectivity index (χ0n) is 9.66. The summed E-state index contributed by atoms with van der Waals surface area (Å²) >= 11 is 0. The van der Waals surface area contributed by atoms with Gasteiger partial charge < -0.3 is 10.1 Å². The van der Waals surface area contributed by atoms with E-state index in [9.17, 15) is 0 Å². The van der Waals surface area contributed by atoms with Gasteiger partial charge in [-0.15, -0.1) is 0 Å². The first kappa shape index (κ1) is 10.9. The van der Waals surface area contributed by atoms with Crippen molar-refractivity contribution in [3.8, 4) is 5.75 Å². The van der Waals surface area contributed by atoms with Gasteiger partial charge in [-0.25, -0.2) is 0 Å². The second-order valence-electron chi connectivity index (χ2n) is 3.70. The summed E-state index contributed by atoms with van der Waals surface area (Å²) in [6.45, 7) is 0.934. The van der Waals surface area contributed by atoms with Gasteiger partial charge in [-0.05, 0) is 30.6 Å². The Morgan fingerprint density at radius 1 is 1.31 bits per heavy atom. The molecule has 0 aliphatic heterocycles. The average Bonchev–Trinajstić information content (AvgIpc) is 2.35. The number of fused-ring (bicyclic) bond motifs is 1. The highest BCUT2D eigenvalue weighted by atomic mass is 16.5. The van der Waals surface area contributed by atoms with Crippen molar-refractivity contribution < 1.29 is 4.74 Å². The second-order valence-corrected chi connectivity index (χ2v) is 3.70. The molecule has 1 aromatic carbocycles. The number of pyridine rings is 1. The number of hydrogen-bond donors (Lipinski definition) is 1. The quantitative estimate of drug-likeness (QED) is 0.848. The van der Waals surface area contributed by atoms with Crippen LogP contribution in [0.3, 0.4) is 0 Å². The number of benzene rings is 1. The summed E-state index contributed by atoms with van der Waals surface area (Å²) in [6.07, 6.45) is 2.79. The highest BCUT2D eigenvalue weighted by molar-refractivity contribution is 5.85. The van der Waals surface area contributed by atoms with Crippen LogP contribution in [0.1, 0.15) is 5.69 Å². The second kappa shape index (κ2) is 4.94. The van der Waals surface area contributed by atoms with E-state index < -0.39 is 0 Å². The van der Waals surface area contributed by atoms with Crippen molar-refractivity contribution in [2.75, 3.05) is 20.7 Å². The van der Waals surface area contributed by atoms with Gasteiger partial charge in [-0.2, -0.15) is 0 Å². The number of aromatic nitrogens is 1. The zero-order valence-corrected chi connectivity index (χ0v) is 9.66. The lowest BCUT2D eigenvalue weighted by atomic mass is 10.1. The predicted molar refractivity (Wildman–Crippen MR) is 65.9 cm³/mol. The Labute approximate surface area is 95.5 Å². The van der Waals surface area contributed by atoms with Crippen LogP contribution in [0.25, 0.3) is 10.8 Å². The van der Waals surface area contributed by atoms with Crippen molar-refractivity contribution in [1.82, 2.24) is 10.3 Å². The molecule has 0 amide bonds. The van der Waals surface area contributed by atoms with Crippen molar-refractivity contribution in [3.63, 3.8) is 0 Å². The molecule has 0 spiro atoms. The van der Waals surface area contributed by atoms with Crippen LogP contribution in [0.15, 0.2) is 30.5 Å². The Bertz CT molecular complexity index is 482. The fourth-order valence-corrected chi connectivity index (χ4v) is 1.78. The third kappa shape index (κ3) is 2.14. The molecule has 0 bridgehead atoms. The smallest absolute Gasteiger partial charge is 0.119 e. The maximum atomic E-state index is 5.24. The van der Waals surface area contributed by atoms with Gasteiger partial charge in [0.05, 0.1) is 7.11 Å². The lowest BCUT2D eigenvalue weighted by Gasteiger charge is -2.07. The number of methoxy groups -OCH3 is 1. The third-order valence-corrected chi connectivity index (χ3v) is 2.67. The number of nitrogens with zero attached hydrogens (tertiary/aromatic N) is 1. The molecule has 84 valence electrons. The topological polar surface area (TPSA) is 34.2 Å². The monoisotopic (exact) mass is 216 g/mol. The number of nitrogens with one attached hydrogen (secondary N) is 1. The summed E-state index contributed by atoms with van der Waals surface area (Å²) in [6, 6.07) is 8.12. The van der Waals surface area contributed by atoms with Crippen molar-refractivity contribution in [1.29, 1.82) is 0 Å². The molecule has 3 heteroatoms. The van der Waals surface area contributed by atoms with E-state index in [0.29, 0.717) is 0 Å². The van der Waals surface area contributed by atoms with Crippen LogP contribution in [0.5, 0.6) is 5.75 Å². The summed E-state index contributed by atoms with van der Waals surface area (Å²) in [4.78, 5) is 4.42. The Morgan fingerprint density at radius 3 is 2.94 bits per heavy atom. The normalized spacial score (nSPS) is 10.6. The van der Waals surface area contributed by atoms with Crippen LogP contribution in [-0.2, 0) is 6.42 Å². The lowest BCUT2D eigenvalue weighted by molar-refractivity contribution is 0.415. The first-order chi connectivity index (χ1) is 7.85. The van der Waals surface area contributed by atoms with Crippen molar-refractivity contribution in [2.45, 2.75) is 6.42 Å².